The van der Waals surface area contributed by atoms with Crippen molar-refractivity contribution in [1.82, 2.24) is 4.90 Å². The zero-order valence-electron chi connectivity index (χ0n) is 33.5. The van der Waals surface area contributed by atoms with Gasteiger partial charge in [0.2, 0.25) is 5.91 Å². The molecule has 0 radical (unpaired) electrons. The number of aliphatic hydroxyl groups excluding tert-OH is 7. The highest BCUT2D eigenvalue weighted by Gasteiger charge is 2.56. The number of hydrogen-bond acceptors (Lipinski definition) is 16. The van der Waals surface area contributed by atoms with E-state index < -0.39 is 128 Å². The van der Waals surface area contributed by atoms with E-state index in [1.807, 2.05) is 6.92 Å². The fourth-order valence-electron chi connectivity index (χ4n) is 7.15. The smallest absolute Gasteiger partial charge is 0.264 e. The molecule has 2 amide bonds. The topological polar surface area (TPSA) is 277 Å². The average molecular weight is 934 g/mol. The Morgan fingerprint density at radius 3 is 2.10 bits per heavy atom. The van der Waals surface area contributed by atoms with E-state index >= 15 is 0 Å². The van der Waals surface area contributed by atoms with Gasteiger partial charge in [0, 0.05) is 10.1 Å². The molecule has 0 aromatic rings. The maximum Gasteiger partial charge on any atom is 0.264 e. The molecule has 0 aliphatic carbocycles. The van der Waals surface area contributed by atoms with Crippen LogP contribution < -0.4 is 5.73 Å². The number of Topliss-reactive ketones (excluding diaryl/α,β-unsaturated/α-hetero) is 1. The number of nitrogens with two attached hydrogens (primary N) is 1. The maximum atomic E-state index is 13.9. The third kappa shape index (κ3) is 12.1. The average Bonchev–Trinajstić information content (AvgIpc) is 3.78. The van der Waals surface area contributed by atoms with Crippen molar-refractivity contribution in [2.75, 3.05) is 13.2 Å². The van der Waals surface area contributed by atoms with Gasteiger partial charge in [0.25, 0.3) is 5.91 Å². The maximum absolute atomic E-state index is 13.9. The molecule has 0 saturated carbocycles. The van der Waals surface area contributed by atoms with E-state index in [4.69, 9.17) is 69.0 Å². The third-order valence-corrected chi connectivity index (χ3v) is 11.4. The van der Waals surface area contributed by atoms with Crippen LogP contribution in [-0.2, 0) is 42.8 Å². The molecule has 0 aromatic carbocycles. The molecule has 0 bridgehead atoms. The lowest BCUT2D eigenvalue weighted by atomic mass is 10.0. The van der Waals surface area contributed by atoms with Crippen molar-refractivity contribution < 1.29 is 78.6 Å². The minimum Gasteiger partial charge on any atom is -0.507 e. The third-order valence-electron chi connectivity index (χ3n) is 10.4. The molecular weight excluding hydrogens is 883 g/mol. The van der Waals surface area contributed by atoms with Crippen LogP contribution in [0.4, 0.5) is 0 Å². The summed E-state index contributed by atoms with van der Waals surface area (Å²) in [6, 6.07) is -1.65. The second-order valence-electron chi connectivity index (χ2n) is 15.0. The molecule has 342 valence electrons. The van der Waals surface area contributed by atoms with Crippen LogP contribution in [0.25, 0.3) is 0 Å². The van der Waals surface area contributed by atoms with Crippen LogP contribution in [0, 0.1) is 0 Å². The SMILES string of the molecule is C[C@@H]1C[C@H](Cl)[C@@H](/C(Cl)=C/C=C/C(Cl)=C/C=C/C=C/C=C/C=C/C(O)=C2\C(=O)[C@H](CC(N)=O)N([C@@H]3OC[C@@H](O)[C@H](O)[C@H]3O[C@@H]3OC[C@@H](O[C@@H]4O[C@H](C)[C@@H](O)[C@@H]4O)[C@@H](O)[C@@H]3O)C2=O)O1. The fraction of sp³-hybridized carbons (Fsp3) is 0.537. The number of ketones is 1. The molecule has 0 aromatic heterocycles. The lowest BCUT2D eigenvalue weighted by Crippen LogP contribution is -2.65. The fourth-order valence-corrected chi connectivity index (χ4v) is 8.08. The second-order valence-corrected chi connectivity index (χ2v) is 16.5. The molecule has 5 aliphatic rings. The van der Waals surface area contributed by atoms with Gasteiger partial charge < -0.3 is 69.9 Å². The van der Waals surface area contributed by atoms with Gasteiger partial charge in [-0.25, -0.2) is 0 Å². The zero-order valence-corrected chi connectivity index (χ0v) is 35.7. The lowest BCUT2D eigenvalue weighted by Gasteiger charge is -2.46. The minimum atomic E-state index is -1.90. The molecule has 62 heavy (non-hydrogen) atoms. The quantitative estimate of drug-likeness (QED) is 0.0368. The number of ether oxygens (including phenoxy) is 6. The van der Waals surface area contributed by atoms with Crippen LogP contribution in [-0.4, -0.2) is 169 Å². The van der Waals surface area contributed by atoms with Crippen molar-refractivity contribution in [2.45, 2.75) is 124 Å². The predicted molar refractivity (Wildman–Crippen MR) is 221 cm³/mol. The first kappa shape index (κ1) is 49.7. The highest BCUT2D eigenvalue weighted by Crippen LogP contribution is 2.35. The molecular formula is C41H51Cl3N2O16. The molecule has 5 fully saturated rings. The number of amides is 2. The van der Waals surface area contributed by atoms with Gasteiger partial charge in [0.1, 0.15) is 72.3 Å². The number of rotatable bonds is 15. The molecule has 0 spiro atoms. The Kier molecular flexibility index (Phi) is 18.1. The zero-order chi connectivity index (χ0) is 45.4. The van der Waals surface area contributed by atoms with Crippen LogP contribution in [0.2, 0.25) is 0 Å². The highest BCUT2D eigenvalue weighted by molar-refractivity contribution is 6.32. The van der Waals surface area contributed by atoms with E-state index in [2.05, 4.69) is 0 Å². The summed E-state index contributed by atoms with van der Waals surface area (Å²) in [7, 11) is 0. The number of hydrogen-bond donors (Lipinski definition) is 8. The van der Waals surface area contributed by atoms with Crippen molar-refractivity contribution in [3.63, 3.8) is 0 Å². The van der Waals surface area contributed by atoms with Gasteiger partial charge in [0.15, 0.2) is 24.6 Å². The Balaban J connectivity index is 1.22. The second kappa shape index (κ2) is 22.6. The number of primary amides is 1. The van der Waals surface area contributed by atoms with Crippen molar-refractivity contribution in [3.8, 4) is 0 Å². The number of aliphatic hydroxyl groups is 7. The van der Waals surface area contributed by atoms with Crippen LogP contribution in [0.15, 0.2) is 94.3 Å². The molecule has 0 unspecified atom stereocenters. The molecule has 18 nitrogen and oxygen atoms in total. The standard InChI is InChI=1S/C41H51Cl3N2O16/c1-19-15-23(44)36(59-19)22(43)13-10-12-21(42)11-8-6-4-3-5-7-9-14-25(47)29-31(51)24(16-28(45)49)46(38(29)56)39-37(32(52)26(48)17-57-39)62-40-35(55)33(53)27(18-58-40)61-41-34(54)30(50)20(2)60-41/h3-14,19-20,23-24,26-27,30,32-37,39-41,47-48,50,52-55H,15-18H2,1-2H3,(H2,45,49)/b4-3+,7-5+,8-6+,12-10+,14-9+,21-11-,22-13-,29-25-/t19-,20-,23+,24+,26-,27-,30-,32+,33-,34+,35+,36-,37-,39-,40+,41+/m1/s1. The van der Waals surface area contributed by atoms with Gasteiger partial charge >= 0.3 is 0 Å². The molecule has 5 aliphatic heterocycles. The van der Waals surface area contributed by atoms with Crippen molar-refractivity contribution in [2.24, 2.45) is 5.73 Å². The largest absolute Gasteiger partial charge is 0.507 e. The number of carbonyl (C=O) groups is 3. The summed E-state index contributed by atoms with van der Waals surface area (Å²) in [5, 5.41) is 75.1. The number of likely N-dealkylation sites (tertiary alicyclic amines) is 1. The molecule has 16 atom stereocenters. The van der Waals surface area contributed by atoms with Crippen LogP contribution in [0.5, 0.6) is 0 Å². The van der Waals surface area contributed by atoms with Crippen molar-refractivity contribution in [3.05, 3.63) is 94.3 Å². The summed E-state index contributed by atoms with van der Waals surface area (Å²) >= 11 is 18.8. The number of allylic oxidation sites excluding steroid dienone is 13. The molecule has 5 heterocycles. The number of nitrogens with zero attached hydrogens (tertiary/aromatic N) is 1. The first-order valence-corrected chi connectivity index (χ1v) is 20.8. The minimum absolute atomic E-state index is 0.0274. The van der Waals surface area contributed by atoms with E-state index in [9.17, 15) is 50.1 Å². The monoisotopic (exact) mass is 932 g/mol. The number of carbonyl (C=O) groups excluding carboxylic acids is 3. The highest BCUT2D eigenvalue weighted by atomic mass is 35.5. The van der Waals surface area contributed by atoms with Gasteiger partial charge in [-0.15, -0.1) is 11.6 Å². The number of halogens is 3. The van der Waals surface area contributed by atoms with Crippen molar-refractivity contribution in [1.29, 1.82) is 0 Å². The van der Waals surface area contributed by atoms with Gasteiger partial charge in [0.05, 0.1) is 37.2 Å². The number of alkyl halides is 1. The van der Waals surface area contributed by atoms with Crippen LogP contribution in [0.3, 0.4) is 0 Å². The summed E-state index contributed by atoms with van der Waals surface area (Å²) in [6.07, 6.45) is -0.0820. The van der Waals surface area contributed by atoms with Crippen LogP contribution >= 0.6 is 34.8 Å². The Labute approximate surface area is 372 Å². The first-order chi connectivity index (χ1) is 29.4. The Morgan fingerprint density at radius 1 is 0.806 bits per heavy atom. The van der Waals surface area contributed by atoms with E-state index in [0.29, 0.717) is 16.5 Å². The van der Waals surface area contributed by atoms with Crippen LogP contribution in [0.1, 0.15) is 26.7 Å². The van der Waals surface area contributed by atoms with E-state index in [-0.39, 0.29) is 17.6 Å². The Hall–Kier alpha value is -3.28. The summed E-state index contributed by atoms with van der Waals surface area (Å²) in [6.45, 7) is 2.38. The first-order valence-electron chi connectivity index (χ1n) is 19.6. The summed E-state index contributed by atoms with van der Waals surface area (Å²) in [5.41, 5.74) is 4.69. The van der Waals surface area contributed by atoms with E-state index in [0.717, 1.165) is 11.0 Å². The van der Waals surface area contributed by atoms with Gasteiger partial charge in [-0.05, 0) is 44.6 Å². The van der Waals surface area contributed by atoms with Gasteiger partial charge in [-0.3, -0.25) is 19.3 Å². The van der Waals surface area contributed by atoms with Gasteiger partial charge in [-0.1, -0.05) is 71.8 Å². The van der Waals surface area contributed by atoms with E-state index in [1.54, 1.807) is 54.7 Å². The van der Waals surface area contributed by atoms with E-state index in [1.165, 1.54) is 19.1 Å². The molecule has 5 rings (SSSR count). The normalized spacial score (nSPS) is 39.9. The predicted octanol–water partition coefficient (Wildman–Crippen LogP) is 0.658. The summed E-state index contributed by atoms with van der Waals surface area (Å²) in [5.74, 6) is -3.91. The lowest BCUT2D eigenvalue weighted by molar-refractivity contribution is -0.338. The summed E-state index contributed by atoms with van der Waals surface area (Å²) in [4.78, 5) is 40.3. The Bertz CT molecular complexity index is 1870. The molecule has 9 N–H and O–H groups in total. The molecule has 21 heteroatoms. The molecule has 5 saturated heterocycles. The van der Waals surface area contributed by atoms with Gasteiger partial charge in [-0.2, -0.15) is 0 Å². The van der Waals surface area contributed by atoms with Crippen molar-refractivity contribution >= 4 is 52.4 Å². The Morgan fingerprint density at radius 2 is 1.47 bits per heavy atom. The summed E-state index contributed by atoms with van der Waals surface area (Å²) < 4.78 is 33.6.